The molecule has 0 atom stereocenters. The molecule has 110 valence electrons. The topological polar surface area (TPSA) is 50.3 Å². The van der Waals surface area contributed by atoms with Gasteiger partial charge in [0.25, 0.3) is 0 Å². The summed E-state index contributed by atoms with van der Waals surface area (Å²) in [5.74, 6) is 0.854. The van der Waals surface area contributed by atoms with Crippen LogP contribution in [0.3, 0.4) is 0 Å². The molecule has 3 aromatic rings. The zero-order chi connectivity index (χ0) is 15.7. The van der Waals surface area contributed by atoms with E-state index in [1.54, 1.807) is 6.07 Å². The fourth-order valence-electron chi connectivity index (χ4n) is 2.47. The second-order valence-corrected chi connectivity index (χ2v) is 5.49. The predicted molar refractivity (Wildman–Crippen MR) is 85.8 cm³/mol. The maximum Gasteiger partial charge on any atom is 0.137 e. The third kappa shape index (κ3) is 2.53. The van der Waals surface area contributed by atoms with Crippen LogP contribution in [-0.4, -0.2) is 15.5 Å². The monoisotopic (exact) mass is 291 g/mol. The number of aromatic nitrogens is 2. The van der Waals surface area contributed by atoms with Crippen LogP contribution in [0, 0.1) is 18.3 Å². The Hall–Kier alpha value is -2.80. The minimum absolute atomic E-state index is 0.159. The van der Waals surface area contributed by atoms with Gasteiger partial charge in [0.2, 0.25) is 0 Å². The van der Waals surface area contributed by atoms with Crippen molar-refractivity contribution >= 4 is 5.65 Å². The van der Waals surface area contributed by atoms with Crippen LogP contribution >= 0.6 is 0 Å². The van der Waals surface area contributed by atoms with Gasteiger partial charge in [-0.15, -0.1) is 0 Å². The number of benzene rings is 1. The molecule has 2 aromatic heterocycles. The Bertz CT molecular complexity index is 854. The average Bonchev–Trinajstić information content (AvgIpc) is 2.84. The van der Waals surface area contributed by atoms with Crippen molar-refractivity contribution in [3.8, 4) is 23.1 Å². The second-order valence-electron chi connectivity index (χ2n) is 5.49. The molecule has 0 spiro atoms. The first-order valence-corrected chi connectivity index (χ1v) is 7.24. The maximum absolute atomic E-state index is 9.02. The first-order chi connectivity index (χ1) is 10.6. The van der Waals surface area contributed by atoms with Crippen LogP contribution in [0.25, 0.3) is 16.9 Å². The highest BCUT2D eigenvalue weighted by Gasteiger charge is 2.11. The van der Waals surface area contributed by atoms with Gasteiger partial charge < -0.3 is 9.14 Å². The second kappa shape index (κ2) is 5.53. The van der Waals surface area contributed by atoms with Crippen LogP contribution in [0.1, 0.15) is 25.1 Å². The highest BCUT2D eigenvalue weighted by molar-refractivity contribution is 5.67. The fourth-order valence-corrected chi connectivity index (χ4v) is 2.47. The normalized spacial score (nSPS) is 10.9. The minimum Gasteiger partial charge on any atom is -0.491 e. The Labute approximate surface area is 129 Å². The number of fused-ring (bicyclic) bond motifs is 1. The van der Waals surface area contributed by atoms with Gasteiger partial charge in [0.1, 0.15) is 17.5 Å². The summed E-state index contributed by atoms with van der Waals surface area (Å²) >= 11 is 0. The number of rotatable bonds is 3. The summed E-state index contributed by atoms with van der Waals surface area (Å²) < 4.78 is 7.61. The lowest BCUT2D eigenvalue weighted by atomic mass is 10.1. The maximum atomic E-state index is 9.02. The van der Waals surface area contributed by atoms with E-state index >= 15 is 0 Å². The van der Waals surface area contributed by atoms with E-state index in [-0.39, 0.29) is 6.10 Å². The Morgan fingerprint density at radius 2 is 1.86 bits per heavy atom. The first-order valence-electron chi connectivity index (χ1n) is 7.24. The average molecular weight is 291 g/mol. The molecule has 22 heavy (non-hydrogen) atoms. The number of ether oxygens (including phenoxy) is 1. The lowest BCUT2D eigenvalue weighted by molar-refractivity contribution is 0.242. The Balaban J connectivity index is 2.03. The molecule has 0 N–H and O–H groups in total. The SMILES string of the molecule is Cc1c(-c2ccc(OC(C)C)cc2)nc2ccc(C#N)cn12. The van der Waals surface area contributed by atoms with Crippen LogP contribution in [0.2, 0.25) is 0 Å². The largest absolute Gasteiger partial charge is 0.491 e. The van der Waals surface area contributed by atoms with Gasteiger partial charge in [-0.3, -0.25) is 0 Å². The molecule has 0 bridgehead atoms. The molecule has 0 amide bonds. The van der Waals surface area contributed by atoms with Crippen molar-refractivity contribution in [3.05, 3.63) is 53.9 Å². The molecule has 1 aromatic carbocycles. The van der Waals surface area contributed by atoms with Gasteiger partial charge in [-0.1, -0.05) is 0 Å². The molecule has 0 saturated heterocycles. The summed E-state index contributed by atoms with van der Waals surface area (Å²) in [5.41, 5.74) is 4.45. The van der Waals surface area contributed by atoms with Gasteiger partial charge in [0.15, 0.2) is 0 Å². The van der Waals surface area contributed by atoms with Gasteiger partial charge in [-0.05, 0) is 57.2 Å². The third-order valence-electron chi connectivity index (χ3n) is 3.49. The van der Waals surface area contributed by atoms with Crippen molar-refractivity contribution in [3.63, 3.8) is 0 Å². The van der Waals surface area contributed by atoms with Gasteiger partial charge in [0.05, 0.1) is 17.4 Å². The molecule has 0 aliphatic heterocycles. The molecular formula is C18H17N3O. The van der Waals surface area contributed by atoms with E-state index in [0.29, 0.717) is 5.56 Å². The number of pyridine rings is 1. The lowest BCUT2D eigenvalue weighted by Crippen LogP contribution is -2.05. The molecule has 0 aliphatic rings. The van der Waals surface area contributed by atoms with E-state index in [1.165, 1.54) is 0 Å². The van der Waals surface area contributed by atoms with E-state index in [1.807, 2.05) is 61.7 Å². The number of aryl methyl sites for hydroxylation is 1. The van der Waals surface area contributed by atoms with Crippen LogP contribution in [0.5, 0.6) is 5.75 Å². The lowest BCUT2D eigenvalue weighted by Gasteiger charge is -2.09. The fraction of sp³-hybridized carbons (Fsp3) is 0.222. The summed E-state index contributed by atoms with van der Waals surface area (Å²) in [5, 5.41) is 9.02. The van der Waals surface area contributed by atoms with Crippen LogP contribution in [0.15, 0.2) is 42.6 Å². The molecule has 3 rings (SSSR count). The van der Waals surface area contributed by atoms with Gasteiger partial charge in [0, 0.05) is 17.5 Å². The Morgan fingerprint density at radius 1 is 1.14 bits per heavy atom. The van der Waals surface area contributed by atoms with E-state index < -0.39 is 0 Å². The van der Waals surface area contributed by atoms with E-state index in [4.69, 9.17) is 10.00 Å². The summed E-state index contributed by atoms with van der Waals surface area (Å²) in [6, 6.07) is 13.7. The van der Waals surface area contributed by atoms with E-state index in [2.05, 4.69) is 11.1 Å². The van der Waals surface area contributed by atoms with Crippen molar-refractivity contribution in [2.24, 2.45) is 0 Å². The summed E-state index contributed by atoms with van der Waals surface area (Å²) in [6.07, 6.45) is 1.98. The highest BCUT2D eigenvalue weighted by atomic mass is 16.5. The standard InChI is InChI=1S/C18H17N3O/c1-12(2)22-16-7-5-15(6-8-16)18-13(3)21-11-14(10-19)4-9-17(21)20-18/h4-9,11-12H,1-3H3. The van der Waals surface area contributed by atoms with E-state index in [9.17, 15) is 0 Å². The molecule has 0 aliphatic carbocycles. The first kappa shape index (κ1) is 14.2. The summed E-state index contributed by atoms with van der Waals surface area (Å²) in [6.45, 7) is 6.02. The van der Waals surface area contributed by atoms with E-state index in [0.717, 1.165) is 28.3 Å². The number of imidazole rings is 1. The van der Waals surface area contributed by atoms with Crippen molar-refractivity contribution in [2.75, 3.05) is 0 Å². The molecule has 0 unspecified atom stereocenters. The van der Waals surface area contributed by atoms with Gasteiger partial charge >= 0.3 is 0 Å². The summed E-state index contributed by atoms with van der Waals surface area (Å²) in [4.78, 5) is 4.66. The minimum atomic E-state index is 0.159. The smallest absolute Gasteiger partial charge is 0.137 e. The van der Waals surface area contributed by atoms with Crippen LogP contribution in [0.4, 0.5) is 0 Å². The van der Waals surface area contributed by atoms with Crippen molar-refractivity contribution in [1.29, 1.82) is 5.26 Å². The Morgan fingerprint density at radius 3 is 2.50 bits per heavy atom. The summed E-state index contributed by atoms with van der Waals surface area (Å²) in [7, 11) is 0. The van der Waals surface area contributed by atoms with Crippen molar-refractivity contribution < 1.29 is 4.74 Å². The zero-order valence-electron chi connectivity index (χ0n) is 12.9. The molecular weight excluding hydrogens is 274 g/mol. The molecule has 0 saturated carbocycles. The number of hydrogen-bond acceptors (Lipinski definition) is 3. The molecule has 0 fully saturated rings. The highest BCUT2D eigenvalue weighted by Crippen LogP contribution is 2.26. The van der Waals surface area contributed by atoms with Crippen molar-refractivity contribution in [2.45, 2.75) is 26.9 Å². The number of nitriles is 1. The molecule has 4 heteroatoms. The van der Waals surface area contributed by atoms with Gasteiger partial charge in [-0.25, -0.2) is 4.98 Å². The zero-order valence-corrected chi connectivity index (χ0v) is 12.9. The predicted octanol–water partition coefficient (Wildman–Crippen LogP) is 3.97. The van der Waals surface area contributed by atoms with Crippen LogP contribution in [-0.2, 0) is 0 Å². The number of nitrogens with zero attached hydrogens (tertiary/aromatic N) is 3. The molecule has 4 nitrogen and oxygen atoms in total. The molecule has 2 heterocycles. The van der Waals surface area contributed by atoms with Crippen molar-refractivity contribution in [1.82, 2.24) is 9.38 Å². The van der Waals surface area contributed by atoms with Gasteiger partial charge in [-0.2, -0.15) is 5.26 Å². The number of hydrogen-bond donors (Lipinski definition) is 0. The molecule has 0 radical (unpaired) electrons. The quantitative estimate of drug-likeness (QED) is 0.733. The third-order valence-corrected chi connectivity index (χ3v) is 3.49. The van der Waals surface area contributed by atoms with Crippen LogP contribution < -0.4 is 4.74 Å². The Kier molecular flexibility index (Phi) is 3.56.